The fourth-order valence-corrected chi connectivity index (χ4v) is 3.24. The Morgan fingerprint density at radius 2 is 1.63 bits per heavy atom. The van der Waals surface area contributed by atoms with Crippen molar-refractivity contribution in [1.29, 1.82) is 0 Å². The first-order valence-corrected chi connectivity index (χ1v) is 8.05. The Hall–Kier alpha value is -0.820. The van der Waals surface area contributed by atoms with Crippen molar-refractivity contribution in [2.24, 2.45) is 5.92 Å². The molecule has 2 rings (SSSR count). The highest BCUT2D eigenvalue weighted by molar-refractivity contribution is 5.18. The van der Waals surface area contributed by atoms with E-state index in [0.29, 0.717) is 12.0 Å². The molecular weight excluding hydrogens is 230 g/mol. The molecule has 2 atom stereocenters. The van der Waals surface area contributed by atoms with Gasteiger partial charge in [-0.3, -0.25) is 0 Å². The lowest BCUT2D eigenvalue weighted by atomic mass is 9.92. The molecule has 19 heavy (non-hydrogen) atoms. The summed E-state index contributed by atoms with van der Waals surface area (Å²) in [5.74, 6) is 1.50. The van der Waals surface area contributed by atoms with Crippen LogP contribution in [-0.2, 0) is 0 Å². The third-order valence-corrected chi connectivity index (χ3v) is 4.72. The van der Waals surface area contributed by atoms with E-state index in [-0.39, 0.29) is 0 Å². The van der Waals surface area contributed by atoms with Gasteiger partial charge in [0.2, 0.25) is 0 Å². The second kappa shape index (κ2) is 7.69. The molecule has 0 heterocycles. The van der Waals surface area contributed by atoms with Crippen molar-refractivity contribution >= 4 is 0 Å². The van der Waals surface area contributed by atoms with E-state index in [9.17, 15) is 0 Å². The predicted molar refractivity (Wildman–Crippen MR) is 83.5 cm³/mol. The summed E-state index contributed by atoms with van der Waals surface area (Å²) in [4.78, 5) is 0. The third kappa shape index (κ3) is 4.65. The van der Waals surface area contributed by atoms with Gasteiger partial charge in [0.05, 0.1) is 0 Å². The number of rotatable bonds is 5. The maximum atomic E-state index is 3.78. The molecule has 0 aromatic heterocycles. The SMILES string of the molecule is CC(CN[C@@H](C)C1CCCCCC1)c1ccccc1. The van der Waals surface area contributed by atoms with Crippen LogP contribution in [0.3, 0.4) is 0 Å². The lowest BCUT2D eigenvalue weighted by molar-refractivity contribution is 0.333. The molecule has 1 heteroatoms. The van der Waals surface area contributed by atoms with E-state index >= 15 is 0 Å². The van der Waals surface area contributed by atoms with Crippen LogP contribution in [0.1, 0.15) is 63.9 Å². The van der Waals surface area contributed by atoms with Crippen LogP contribution >= 0.6 is 0 Å². The predicted octanol–water partition coefficient (Wildman–Crippen LogP) is 4.74. The van der Waals surface area contributed by atoms with Gasteiger partial charge in [0.25, 0.3) is 0 Å². The first kappa shape index (κ1) is 14.6. The molecule has 0 radical (unpaired) electrons. The molecule has 1 aliphatic rings. The molecule has 1 N–H and O–H groups in total. The highest BCUT2D eigenvalue weighted by Crippen LogP contribution is 2.25. The molecule has 1 nitrogen and oxygen atoms in total. The molecule has 1 aromatic carbocycles. The van der Waals surface area contributed by atoms with Crippen molar-refractivity contribution in [2.45, 2.75) is 64.3 Å². The molecule has 1 fully saturated rings. The van der Waals surface area contributed by atoms with Crippen LogP contribution in [0.25, 0.3) is 0 Å². The van der Waals surface area contributed by atoms with Crippen LogP contribution in [0.4, 0.5) is 0 Å². The Kier molecular flexibility index (Phi) is 5.91. The van der Waals surface area contributed by atoms with Gasteiger partial charge in [-0.2, -0.15) is 0 Å². The van der Waals surface area contributed by atoms with Gasteiger partial charge in [-0.25, -0.2) is 0 Å². The van der Waals surface area contributed by atoms with Crippen molar-refractivity contribution in [1.82, 2.24) is 5.32 Å². The Labute approximate surface area is 118 Å². The highest BCUT2D eigenvalue weighted by atomic mass is 14.9. The van der Waals surface area contributed by atoms with Crippen LogP contribution in [0, 0.1) is 5.92 Å². The zero-order chi connectivity index (χ0) is 13.5. The minimum atomic E-state index is 0.606. The zero-order valence-electron chi connectivity index (χ0n) is 12.6. The maximum absolute atomic E-state index is 3.78. The van der Waals surface area contributed by atoms with E-state index in [0.717, 1.165) is 12.5 Å². The summed E-state index contributed by atoms with van der Waals surface area (Å²) in [6.07, 6.45) is 8.62. The minimum absolute atomic E-state index is 0.606. The van der Waals surface area contributed by atoms with E-state index in [1.165, 1.54) is 44.1 Å². The normalized spacial score (nSPS) is 20.7. The second-order valence-corrected chi connectivity index (χ2v) is 6.26. The molecule has 0 saturated heterocycles. The smallest absolute Gasteiger partial charge is 0.00672 e. The van der Waals surface area contributed by atoms with E-state index < -0.39 is 0 Å². The Balaban J connectivity index is 1.77. The van der Waals surface area contributed by atoms with Crippen LogP contribution in [-0.4, -0.2) is 12.6 Å². The van der Waals surface area contributed by atoms with Crippen molar-refractivity contribution in [3.8, 4) is 0 Å². The highest BCUT2D eigenvalue weighted by Gasteiger charge is 2.19. The fourth-order valence-electron chi connectivity index (χ4n) is 3.24. The zero-order valence-corrected chi connectivity index (χ0v) is 12.6. The van der Waals surface area contributed by atoms with Gasteiger partial charge >= 0.3 is 0 Å². The van der Waals surface area contributed by atoms with Crippen molar-refractivity contribution in [2.75, 3.05) is 6.54 Å². The van der Waals surface area contributed by atoms with E-state index in [1.54, 1.807) is 0 Å². The average molecular weight is 259 g/mol. The van der Waals surface area contributed by atoms with Gasteiger partial charge < -0.3 is 5.32 Å². The summed E-state index contributed by atoms with van der Waals surface area (Å²) in [5, 5.41) is 3.78. The molecule has 106 valence electrons. The lowest BCUT2D eigenvalue weighted by Crippen LogP contribution is -2.35. The summed E-state index contributed by atoms with van der Waals surface area (Å²) in [7, 11) is 0. The standard InChI is InChI=1S/C18H29N/c1-15(17-10-8-5-9-11-17)14-19-16(2)18-12-6-3-4-7-13-18/h5,8-11,15-16,18-19H,3-4,6-7,12-14H2,1-2H3/t15?,16-/m0/s1. The summed E-state index contributed by atoms with van der Waals surface area (Å²) in [6.45, 7) is 5.80. The van der Waals surface area contributed by atoms with Gasteiger partial charge in [-0.1, -0.05) is 62.9 Å². The van der Waals surface area contributed by atoms with Crippen LogP contribution in [0.5, 0.6) is 0 Å². The van der Waals surface area contributed by atoms with Gasteiger partial charge in [0, 0.05) is 12.6 Å². The topological polar surface area (TPSA) is 12.0 Å². The Morgan fingerprint density at radius 1 is 1.00 bits per heavy atom. The van der Waals surface area contributed by atoms with Crippen molar-refractivity contribution in [3.05, 3.63) is 35.9 Å². The summed E-state index contributed by atoms with van der Waals surface area (Å²) >= 11 is 0. The molecule has 1 aromatic rings. The summed E-state index contributed by atoms with van der Waals surface area (Å²) < 4.78 is 0. The van der Waals surface area contributed by atoms with E-state index in [1.807, 2.05) is 0 Å². The maximum Gasteiger partial charge on any atom is 0.00672 e. The number of hydrogen-bond donors (Lipinski definition) is 1. The van der Waals surface area contributed by atoms with Gasteiger partial charge in [-0.15, -0.1) is 0 Å². The van der Waals surface area contributed by atoms with Crippen LogP contribution < -0.4 is 5.32 Å². The Morgan fingerprint density at radius 3 is 2.26 bits per heavy atom. The average Bonchev–Trinajstić information content (AvgIpc) is 2.74. The molecule has 0 spiro atoms. The fraction of sp³-hybridized carbons (Fsp3) is 0.667. The van der Waals surface area contributed by atoms with Gasteiger partial charge in [0.1, 0.15) is 0 Å². The number of benzene rings is 1. The molecule has 1 saturated carbocycles. The molecular formula is C18H29N. The number of hydrogen-bond acceptors (Lipinski definition) is 1. The third-order valence-electron chi connectivity index (χ3n) is 4.72. The Bertz CT molecular complexity index is 338. The van der Waals surface area contributed by atoms with Crippen molar-refractivity contribution < 1.29 is 0 Å². The van der Waals surface area contributed by atoms with Gasteiger partial charge in [-0.05, 0) is 37.2 Å². The molecule has 1 aliphatic carbocycles. The molecule has 0 aliphatic heterocycles. The minimum Gasteiger partial charge on any atom is -0.313 e. The first-order valence-electron chi connectivity index (χ1n) is 8.05. The summed E-state index contributed by atoms with van der Waals surface area (Å²) in [6, 6.07) is 11.5. The van der Waals surface area contributed by atoms with Gasteiger partial charge in [0.15, 0.2) is 0 Å². The number of nitrogens with one attached hydrogen (secondary N) is 1. The van der Waals surface area contributed by atoms with Crippen LogP contribution in [0.2, 0.25) is 0 Å². The van der Waals surface area contributed by atoms with Crippen LogP contribution in [0.15, 0.2) is 30.3 Å². The molecule has 0 amide bonds. The molecule has 0 bridgehead atoms. The van der Waals surface area contributed by atoms with Crippen molar-refractivity contribution in [3.63, 3.8) is 0 Å². The van der Waals surface area contributed by atoms with E-state index in [4.69, 9.17) is 0 Å². The van der Waals surface area contributed by atoms with E-state index in [2.05, 4.69) is 49.5 Å². The lowest BCUT2D eigenvalue weighted by Gasteiger charge is -2.25. The first-order chi connectivity index (χ1) is 9.27. The summed E-state index contributed by atoms with van der Waals surface area (Å²) in [5.41, 5.74) is 1.45. The second-order valence-electron chi connectivity index (χ2n) is 6.26. The molecule has 1 unspecified atom stereocenters. The quantitative estimate of drug-likeness (QED) is 0.753. The largest absolute Gasteiger partial charge is 0.313 e. The monoisotopic (exact) mass is 259 g/mol.